The van der Waals surface area contributed by atoms with Gasteiger partial charge in [0.25, 0.3) is 11.8 Å². The van der Waals surface area contributed by atoms with E-state index in [1.807, 2.05) is 24.3 Å². The first-order valence-corrected chi connectivity index (χ1v) is 6.77. The Morgan fingerprint density at radius 3 is 2.59 bits per heavy atom. The minimum absolute atomic E-state index is 0.122. The number of carbonyl (C=O) groups is 2. The van der Waals surface area contributed by atoms with Gasteiger partial charge in [0.15, 0.2) is 12.4 Å². The average Bonchev–Trinajstić information content (AvgIpc) is 2.53. The first kappa shape index (κ1) is 15.5. The Balaban J connectivity index is 1.89. The van der Waals surface area contributed by atoms with Crippen molar-refractivity contribution in [2.75, 3.05) is 7.11 Å². The molecule has 0 aliphatic heterocycles. The number of primary amides is 1. The number of nitrogens with two attached hydrogens (primary N) is 1. The minimum Gasteiger partial charge on any atom is -0.497 e. The van der Waals surface area contributed by atoms with Gasteiger partial charge in [0.2, 0.25) is 6.54 Å². The zero-order valence-electron chi connectivity index (χ0n) is 12.3. The Morgan fingerprint density at radius 1 is 1.23 bits per heavy atom. The molecule has 0 spiro atoms. The van der Waals surface area contributed by atoms with Gasteiger partial charge in [-0.25, -0.2) is 0 Å². The number of nitrogens with one attached hydrogen (secondary N) is 1. The van der Waals surface area contributed by atoms with Crippen LogP contribution in [0.5, 0.6) is 5.75 Å². The lowest BCUT2D eigenvalue weighted by Crippen LogP contribution is -2.43. The average molecular weight is 300 g/mol. The molecule has 22 heavy (non-hydrogen) atoms. The maximum absolute atomic E-state index is 11.9. The normalized spacial score (nSPS) is 10.0. The second-order valence-corrected chi connectivity index (χ2v) is 4.75. The molecule has 0 saturated heterocycles. The van der Waals surface area contributed by atoms with Gasteiger partial charge in [0.1, 0.15) is 11.3 Å². The van der Waals surface area contributed by atoms with Crippen molar-refractivity contribution in [3.05, 3.63) is 59.9 Å². The SMILES string of the molecule is COc1ccc(CNC(=O)C[n+]2cccc(C(N)=O)c2)cc1. The molecular weight excluding hydrogens is 282 g/mol. The molecule has 2 amide bonds. The zero-order chi connectivity index (χ0) is 15.9. The zero-order valence-corrected chi connectivity index (χ0v) is 12.3. The first-order chi connectivity index (χ1) is 10.6. The van der Waals surface area contributed by atoms with E-state index in [-0.39, 0.29) is 12.5 Å². The molecule has 0 atom stereocenters. The third-order valence-corrected chi connectivity index (χ3v) is 3.12. The highest BCUT2D eigenvalue weighted by molar-refractivity contribution is 5.92. The number of ether oxygens (including phenoxy) is 1. The van der Waals surface area contributed by atoms with Crippen molar-refractivity contribution < 1.29 is 18.9 Å². The summed E-state index contributed by atoms with van der Waals surface area (Å²) in [4.78, 5) is 23.0. The molecule has 0 aliphatic carbocycles. The van der Waals surface area contributed by atoms with Crippen LogP contribution in [-0.2, 0) is 17.9 Å². The third-order valence-electron chi connectivity index (χ3n) is 3.12. The number of methoxy groups -OCH3 is 1. The van der Waals surface area contributed by atoms with Crippen molar-refractivity contribution in [1.82, 2.24) is 5.32 Å². The summed E-state index contributed by atoms with van der Waals surface area (Å²) in [6.45, 7) is 0.552. The van der Waals surface area contributed by atoms with Gasteiger partial charge in [-0.1, -0.05) is 12.1 Å². The third kappa shape index (κ3) is 4.31. The standard InChI is InChI=1S/C16H17N3O3/c1-22-14-6-4-12(5-7-14)9-18-15(20)11-19-8-2-3-13(10-19)16(17)21/h2-8,10H,9,11H2,1H3,(H2-,17,18,20,21)/p+1. The van der Waals surface area contributed by atoms with Crippen molar-refractivity contribution in [2.45, 2.75) is 13.1 Å². The van der Waals surface area contributed by atoms with Crippen LogP contribution in [0.2, 0.25) is 0 Å². The number of carbonyl (C=O) groups excluding carboxylic acids is 2. The van der Waals surface area contributed by atoms with Gasteiger partial charge in [-0.3, -0.25) is 9.59 Å². The van der Waals surface area contributed by atoms with Gasteiger partial charge in [-0.05, 0) is 23.8 Å². The van der Waals surface area contributed by atoms with Gasteiger partial charge in [0.05, 0.1) is 7.11 Å². The summed E-state index contributed by atoms with van der Waals surface area (Å²) in [6, 6.07) is 10.7. The first-order valence-electron chi connectivity index (χ1n) is 6.77. The monoisotopic (exact) mass is 300 g/mol. The number of amides is 2. The van der Waals surface area contributed by atoms with E-state index in [0.29, 0.717) is 12.1 Å². The van der Waals surface area contributed by atoms with Crippen molar-refractivity contribution in [1.29, 1.82) is 0 Å². The van der Waals surface area contributed by atoms with Crippen LogP contribution in [0.1, 0.15) is 15.9 Å². The van der Waals surface area contributed by atoms with Crippen LogP contribution >= 0.6 is 0 Å². The van der Waals surface area contributed by atoms with Gasteiger partial charge in [-0.2, -0.15) is 4.57 Å². The molecule has 1 aromatic heterocycles. The van der Waals surface area contributed by atoms with E-state index in [1.165, 1.54) is 0 Å². The molecule has 0 saturated carbocycles. The van der Waals surface area contributed by atoms with Crippen LogP contribution in [0.15, 0.2) is 48.8 Å². The van der Waals surface area contributed by atoms with Crippen molar-refractivity contribution in [3.8, 4) is 5.75 Å². The maximum atomic E-state index is 11.9. The summed E-state index contributed by atoms with van der Waals surface area (Å²) >= 11 is 0. The Bertz CT molecular complexity index is 669. The highest BCUT2D eigenvalue weighted by atomic mass is 16.5. The summed E-state index contributed by atoms with van der Waals surface area (Å²) < 4.78 is 6.69. The molecule has 6 nitrogen and oxygen atoms in total. The molecule has 0 radical (unpaired) electrons. The maximum Gasteiger partial charge on any atom is 0.286 e. The van der Waals surface area contributed by atoms with E-state index < -0.39 is 5.91 Å². The van der Waals surface area contributed by atoms with Gasteiger partial charge < -0.3 is 15.8 Å². The van der Waals surface area contributed by atoms with Crippen LogP contribution in [-0.4, -0.2) is 18.9 Å². The number of nitrogens with zero attached hydrogens (tertiary/aromatic N) is 1. The lowest BCUT2D eigenvalue weighted by atomic mass is 10.2. The van der Waals surface area contributed by atoms with Crippen LogP contribution in [0.3, 0.4) is 0 Å². The molecule has 3 N–H and O–H groups in total. The fourth-order valence-corrected chi connectivity index (χ4v) is 1.93. The van der Waals surface area contributed by atoms with Crippen molar-refractivity contribution in [3.63, 3.8) is 0 Å². The van der Waals surface area contributed by atoms with Crippen LogP contribution < -0.4 is 20.4 Å². The lowest BCUT2D eigenvalue weighted by molar-refractivity contribution is -0.684. The molecule has 1 heterocycles. The van der Waals surface area contributed by atoms with E-state index in [4.69, 9.17) is 10.5 Å². The van der Waals surface area contributed by atoms with E-state index in [9.17, 15) is 9.59 Å². The Hall–Kier alpha value is -2.89. The Morgan fingerprint density at radius 2 is 1.95 bits per heavy atom. The van der Waals surface area contributed by atoms with Crippen LogP contribution in [0, 0.1) is 0 Å². The summed E-state index contributed by atoms with van der Waals surface area (Å²) in [5, 5.41) is 2.82. The lowest BCUT2D eigenvalue weighted by Gasteiger charge is -2.05. The predicted molar refractivity (Wildman–Crippen MR) is 80.0 cm³/mol. The fraction of sp³-hybridized carbons (Fsp3) is 0.188. The number of hydrogen-bond donors (Lipinski definition) is 2. The van der Waals surface area contributed by atoms with E-state index >= 15 is 0 Å². The van der Waals surface area contributed by atoms with Crippen molar-refractivity contribution in [2.24, 2.45) is 5.73 Å². The number of pyridine rings is 1. The second kappa shape index (κ2) is 7.21. The Kier molecular flexibility index (Phi) is 5.08. The molecule has 2 aromatic rings. The summed E-state index contributed by atoms with van der Waals surface area (Å²) in [6.07, 6.45) is 3.26. The molecule has 2 rings (SSSR count). The topological polar surface area (TPSA) is 85.3 Å². The van der Waals surface area contributed by atoms with Crippen molar-refractivity contribution >= 4 is 11.8 Å². The second-order valence-electron chi connectivity index (χ2n) is 4.75. The number of rotatable bonds is 6. The van der Waals surface area contributed by atoms with E-state index in [0.717, 1.165) is 11.3 Å². The molecule has 6 heteroatoms. The van der Waals surface area contributed by atoms with Crippen LogP contribution in [0.4, 0.5) is 0 Å². The van der Waals surface area contributed by atoms with Gasteiger partial charge in [-0.15, -0.1) is 0 Å². The Labute approximate surface area is 128 Å². The fourth-order valence-electron chi connectivity index (χ4n) is 1.93. The molecule has 0 fully saturated rings. The molecule has 0 unspecified atom stereocenters. The van der Waals surface area contributed by atoms with E-state index in [1.54, 1.807) is 36.2 Å². The van der Waals surface area contributed by atoms with Gasteiger partial charge >= 0.3 is 0 Å². The summed E-state index contributed by atoms with van der Waals surface area (Å²) in [7, 11) is 1.61. The molecular formula is C16H18N3O3+. The van der Waals surface area contributed by atoms with Crippen LogP contribution in [0.25, 0.3) is 0 Å². The quantitative estimate of drug-likeness (QED) is 0.757. The minimum atomic E-state index is -0.520. The largest absolute Gasteiger partial charge is 0.497 e. The highest BCUT2D eigenvalue weighted by Crippen LogP contribution is 2.10. The van der Waals surface area contributed by atoms with E-state index in [2.05, 4.69) is 5.32 Å². The smallest absolute Gasteiger partial charge is 0.286 e. The molecule has 1 aromatic carbocycles. The highest BCUT2D eigenvalue weighted by Gasteiger charge is 2.11. The predicted octanol–water partition coefficient (Wildman–Crippen LogP) is 0.398. The number of aromatic nitrogens is 1. The number of hydrogen-bond acceptors (Lipinski definition) is 3. The number of benzene rings is 1. The molecule has 0 bridgehead atoms. The summed E-state index contributed by atoms with van der Waals surface area (Å²) in [5.74, 6) is 0.101. The summed E-state index contributed by atoms with van der Waals surface area (Å²) in [5.41, 5.74) is 6.55. The molecule has 0 aliphatic rings. The molecule has 114 valence electrons. The van der Waals surface area contributed by atoms with Gasteiger partial charge in [0, 0.05) is 12.6 Å².